The fraction of sp³-hybridized carbons (Fsp3) is 0.273. The first-order valence-corrected chi connectivity index (χ1v) is 4.99. The minimum Gasteiger partial charge on any atom is -0.487 e. The van der Waals surface area contributed by atoms with E-state index in [2.05, 4.69) is 10.3 Å². The first-order valence-electron chi connectivity index (χ1n) is 4.99. The van der Waals surface area contributed by atoms with E-state index in [-0.39, 0.29) is 0 Å². The third-order valence-corrected chi connectivity index (χ3v) is 2.22. The van der Waals surface area contributed by atoms with E-state index in [4.69, 9.17) is 10.5 Å². The van der Waals surface area contributed by atoms with Gasteiger partial charge in [-0.15, -0.1) is 5.10 Å². The Labute approximate surface area is 93.8 Å². The van der Waals surface area contributed by atoms with Crippen molar-refractivity contribution < 1.29 is 4.74 Å². The molecule has 0 saturated heterocycles. The summed E-state index contributed by atoms with van der Waals surface area (Å²) in [7, 11) is 1.82. The van der Waals surface area contributed by atoms with Gasteiger partial charge in [0.2, 0.25) is 0 Å². The fourth-order valence-corrected chi connectivity index (χ4v) is 1.45. The zero-order chi connectivity index (χ0) is 11.5. The zero-order valence-electron chi connectivity index (χ0n) is 9.34. The van der Waals surface area contributed by atoms with E-state index in [1.165, 1.54) is 0 Å². The fourth-order valence-electron chi connectivity index (χ4n) is 1.45. The van der Waals surface area contributed by atoms with Crippen LogP contribution in [0.25, 0.3) is 0 Å². The largest absolute Gasteiger partial charge is 0.487 e. The minimum atomic E-state index is 0.415. The Morgan fingerprint density at radius 3 is 2.88 bits per heavy atom. The number of nitrogens with zero attached hydrogens (tertiary/aromatic N) is 3. The predicted octanol–water partition coefficient (Wildman–Crippen LogP) is 1.28. The summed E-state index contributed by atoms with van der Waals surface area (Å²) in [6.45, 7) is 2.38. The summed E-state index contributed by atoms with van der Waals surface area (Å²) < 4.78 is 7.27. The second kappa shape index (κ2) is 4.22. The van der Waals surface area contributed by atoms with Crippen molar-refractivity contribution in [3.8, 4) is 5.75 Å². The second-order valence-electron chi connectivity index (χ2n) is 3.70. The van der Waals surface area contributed by atoms with Crippen molar-refractivity contribution in [1.82, 2.24) is 15.0 Å². The number of anilines is 1. The Kier molecular flexibility index (Phi) is 2.76. The molecule has 0 unspecified atom stereocenters. The van der Waals surface area contributed by atoms with Crippen molar-refractivity contribution in [3.05, 3.63) is 35.7 Å². The topological polar surface area (TPSA) is 66.0 Å². The molecule has 0 saturated carbocycles. The highest BCUT2D eigenvalue weighted by atomic mass is 16.5. The molecule has 0 amide bonds. The summed E-state index contributed by atoms with van der Waals surface area (Å²) in [5.74, 6) is 0.819. The molecular weight excluding hydrogens is 204 g/mol. The lowest BCUT2D eigenvalue weighted by molar-refractivity contribution is 0.299. The number of aromatic nitrogens is 3. The Morgan fingerprint density at radius 1 is 1.44 bits per heavy atom. The number of hydrogen-bond donors (Lipinski definition) is 1. The number of nitrogen functional groups attached to an aromatic ring is 1. The molecular formula is C11H14N4O. The average molecular weight is 218 g/mol. The number of hydrogen-bond acceptors (Lipinski definition) is 4. The summed E-state index contributed by atoms with van der Waals surface area (Å²) in [6, 6.07) is 5.56. The molecule has 0 bridgehead atoms. The molecule has 0 spiro atoms. The summed E-state index contributed by atoms with van der Waals surface area (Å²) in [4.78, 5) is 0. The zero-order valence-corrected chi connectivity index (χ0v) is 9.34. The van der Waals surface area contributed by atoms with Crippen molar-refractivity contribution in [3.63, 3.8) is 0 Å². The molecule has 0 radical (unpaired) electrons. The number of ether oxygens (including phenoxy) is 1. The van der Waals surface area contributed by atoms with Crippen LogP contribution in [0.5, 0.6) is 5.75 Å². The highest BCUT2D eigenvalue weighted by Gasteiger charge is 2.02. The van der Waals surface area contributed by atoms with E-state index < -0.39 is 0 Å². The van der Waals surface area contributed by atoms with E-state index >= 15 is 0 Å². The average Bonchev–Trinajstić information content (AvgIpc) is 2.63. The Hall–Kier alpha value is -2.04. The van der Waals surface area contributed by atoms with Crippen LogP contribution < -0.4 is 10.5 Å². The molecule has 0 fully saturated rings. The quantitative estimate of drug-likeness (QED) is 0.788. The van der Waals surface area contributed by atoms with Crippen LogP contribution in [0.1, 0.15) is 11.3 Å². The predicted molar refractivity (Wildman–Crippen MR) is 60.9 cm³/mol. The van der Waals surface area contributed by atoms with Gasteiger partial charge >= 0.3 is 0 Å². The molecule has 5 heteroatoms. The molecule has 1 aromatic carbocycles. The van der Waals surface area contributed by atoms with E-state index in [1.807, 2.05) is 38.4 Å². The SMILES string of the molecule is Cc1cc(N)ccc1OCc1cn(C)nn1. The van der Waals surface area contributed by atoms with Crippen LogP contribution in [0.4, 0.5) is 5.69 Å². The molecule has 2 aromatic rings. The van der Waals surface area contributed by atoms with E-state index in [0.29, 0.717) is 6.61 Å². The summed E-state index contributed by atoms with van der Waals surface area (Å²) in [6.07, 6.45) is 1.83. The smallest absolute Gasteiger partial charge is 0.134 e. The maximum Gasteiger partial charge on any atom is 0.134 e. The molecule has 0 atom stereocenters. The molecule has 5 nitrogen and oxygen atoms in total. The van der Waals surface area contributed by atoms with Crippen molar-refractivity contribution in [1.29, 1.82) is 0 Å². The van der Waals surface area contributed by atoms with E-state index in [1.54, 1.807) is 4.68 Å². The number of rotatable bonds is 3. The van der Waals surface area contributed by atoms with Crippen LogP contribution in [0.15, 0.2) is 24.4 Å². The number of benzene rings is 1. The normalized spacial score (nSPS) is 10.4. The van der Waals surface area contributed by atoms with Gasteiger partial charge < -0.3 is 10.5 Å². The van der Waals surface area contributed by atoms with Gasteiger partial charge in [-0.05, 0) is 30.7 Å². The first-order chi connectivity index (χ1) is 7.65. The standard InChI is InChI=1S/C11H14N4O/c1-8-5-9(12)3-4-11(8)16-7-10-6-15(2)14-13-10/h3-6H,7,12H2,1-2H3. The molecule has 84 valence electrons. The van der Waals surface area contributed by atoms with Gasteiger partial charge in [0.05, 0.1) is 6.20 Å². The lowest BCUT2D eigenvalue weighted by Crippen LogP contribution is -1.98. The first kappa shape index (κ1) is 10.5. The molecule has 1 aromatic heterocycles. The van der Waals surface area contributed by atoms with E-state index in [0.717, 1.165) is 22.7 Å². The summed E-state index contributed by atoms with van der Waals surface area (Å²) in [5, 5.41) is 7.77. The maximum atomic E-state index is 5.66. The Bertz CT molecular complexity index is 492. The van der Waals surface area contributed by atoms with Crippen LogP contribution in [0, 0.1) is 6.92 Å². The van der Waals surface area contributed by atoms with Gasteiger partial charge in [0.15, 0.2) is 0 Å². The van der Waals surface area contributed by atoms with Gasteiger partial charge in [0, 0.05) is 12.7 Å². The second-order valence-corrected chi connectivity index (χ2v) is 3.70. The maximum absolute atomic E-state index is 5.66. The lowest BCUT2D eigenvalue weighted by atomic mass is 10.2. The Morgan fingerprint density at radius 2 is 2.25 bits per heavy atom. The van der Waals surface area contributed by atoms with Crippen LogP contribution >= 0.6 is 0 Å². The molecule has 0 aliphatic heterocycles. The van der Waals surface area contributed by atoms with Crippen molar-refractivity contribution in [2.75, 3.05) is 5.73 Å². The van der Waals surface area contributed by atoms with Gasteiger partial charge in [-0.25, -0.2) is 0 Å². The molecule has 1 heterocycles. The number of nitrogens with two attached hydrogens (primary N) is 1. The molecule has 2 N–H and O–H groups in total. The van der Waals surface area contributed by atoms with Crippen LogP contribution in [0.3, 0.4) is 0 Å². The van der Waals surface area contributed by atoms with Gasteiger partial charge in [-0.2, -0.15) is 0 Å². The summed E-state index contributed by atoms with van der Waals surface area (Å²) in [5.41, 5.74) is 8.22. The van der Waals surface area contributed by atoms with Crippen LogP contribution in [-0.2, 0) is 13.7 Å². The molecule has 16 heavy (non-hydrogen) atoms. The van der Waals surface area contributed by atoms with Gasteiger partial charge in [0.25, 0.3) is 0 Å². The highest BCUT2D eigenvalue weighted by molar-refractivity contribution is 5.47. The van der Waals surface area contributed by atoms with Crippen molar-refractivity contribution in [2.24, 2.45) is 7.05 Å². The van der Waals surface area contributed by atoms with Crippen LogP contribution in [-0.4, -0.2) is 15.0 Å². The highest BCUT2D eigenvalue weighted by Crippen LogP contribution is 2.20. The molecule has 0 aliphatic carbocycles. The van der Waals surface area contributed by atoms with Crippen molar-refractivity contribution in [2.45, 2.75) is 13.5 Å². The summed E-state index contributed by atoms with van der Waals surface area (Å²) >= 11 is 0. The molecule has 2 rings (SSSR count). The molecule has 0 aliphatic rings. The monoisotopic (exact) mass is 218 g/mol. The van der Waals surface area contributed by atoms with Crippen molar-refractivity contribution >= 4 is 5.69 Å². The third-order valence-electron chi connectivity index (χ3n) is 2.22. The van der Waals surface area contributed by atoms with Crippen LogP contribution in [0.2, 0.25) is 0 Å². The third kappa shape index (κ3) is 2.31. The van der Waals surface area contributed by atoms with Gasteiger partial charge in [-0.3, -0.25) is 4.68 Å². The van der Waals surface area contributed by atoms with E-state index in [9.17, 15) is 0 Å². The minimum absolute atomic E-state index is 0.415. The van der Waals surface area contributed by atoms with Gasteiger partial charge in [0.1, 0.15) is 18.1 Å². The Balaban J connectivity index is 2.04. The number of aryl methyl sites for hydroxylation is 2. The lowest BCUT2D eigenvalue weighted by Gasteiger charge is -2.07. The van der Waals surface area contributed by atoms with Gasteiger partial charge in [-0.1, -0.05) is 5.21 Å².